The van der Waals surface area contributed by atoms with E-state index >= 15 is 0 Å². The number of nitrogens with one attached hydrogen (secondary N) is 2. The second kappa shape index (κ2) is 6.32. The summed E-state index contributed by atoms with van der Waals surface area (Å²) < 4.78 is 63.2. The van der Waals surface area contributed by atoms with Crippen LogP contribution in [0.5, 0.6) is 0 Å². The molecule has 0 amide bonds. The SMILES string of the molecule is CNCc1c(S(=O)(=O)N(CC(F)(F)F)C(C)C)n[nH]c1C. The third-order valence-electron chi connectivity index (χ3n) is 2.85. The van der Waals surface area contributed by atoms with Crippen molar-refractivity contribution in [2.75, 3.05) is 13.6 Å². The van der Waals surface area contributed by atoms with Crippen LogP contribution in [0, 0.1) is 6.92 Å². The van der Waals surface area contributed by atoms with Gasteiger partial charge >= 0.3 is 6.18 Å². The highest BCUT2D eigenvalue weighted by Gasteiger charge is 2.40. The molecule has 2 N–H and O–H groups in total. The number of nitrogens with zero attached hydrogens (tertiary/aromatic N) is 2. The van der Waals surface area contributed by atoms with Crippen LogP contribution in [0.25, 0.3) is 0 Å². The minimum atomic E-state index is -4.62. The fourth-order valence-electron chi connectivity index (χ4n) is 1.86. The Kier molecular flexibility index (Phi) is 5.40. The summed E-state index contributed by atoms with van der Waals surface area (Å²) in [6, 6.07) is -0.837. The van der Waals surface area contributed by atoms with Gasteiger partial charge in [-0.2, -0.15) is 22.6 Å². The molecule has 1 aromatic rings. The molecule has 0 unspecified atom stereocenters. The van der Waals surface area contributed by atoms with E-state index in [2.05, 4.69) is 15.5 Å². The summed E-state index contributed by atoms with van der Waals surface area (Å²) in [7, 11) is -2.72. The van der Waals surface area contributed by atoms with E-state index in [9.17, 15) is 21.6 Å². The van der Waals surface area contributed by atoms with Gasteiger partial charge in [0.25, 0.3) is 10.0 Å². The van der Waals surface area contributed by atoms with Crippen molar-refractivity contribution in [3.63, 3.8) is 0 Å². The van der Waals surface area contributed by atoms with Gasteiger partial charge in [0.15, 0.2) is 5.03 Å². The average Bonchev–Trinajstić information content (AvgIpc) is 2.68. The molecule has 0 spiro atoms. The van der Waals surface area contributed by atoms with E-state index in [4.69, 9.17) is 0 Å². The summed E-state index contributed by atoms with van der Waals surface area (Å²) in [6.07, 6.45) is -4.62. The topological polar surface area (TPSA) is 78.1 Å². The molecule has 0 radical (unpaired) electrons. The molecule has 0 aromatic carbocycles. The highest BCUT2D eigenvalue weighted by Crippen LogP contribution is 2.26. The smallest absolute Gasteiger partial charge is 0.316 e. The van der Waals surface area contributed by atoms with Crippen molar-refractivity contribution in [1.82, 2.24) is 19.8 Å². The van der Waals surface area contributed by atoms with Crippen LogP contribution < -0.4 is 5.32 Å². The molecule has 0 aliphatic rings. The lowest BCUT2D eigenvalue weighted by molar-refractivity contribution is -0.138. The first kappa shape index (κ1) is 17.9. The second-order valence-corrected chi connectivity index (χ2v) is 6.73. The lowest BCUT2D eigenvalue weighted by atomic mass is 10.3. The molecule has 1 heterocycles. The maximum absolute atomic E-state index is 12.6. The van der Waals surface area contributed by atoms with E-state index in [1.54, 1.807) is 14.0 Å². The molecule has 0 saturated carbocycles. The van der Waals surface area contributed by atoms with Gasteiger partial charge in [-0.05, 0) is 27.8 Å². The van der Waals surface area contributed by atoms with Crippen molar-refractivity contribution in [3.05, 3.63) is 11.3 Å². The monoisotopic (exact) mass is 328 g/mol. The Morgan fingerprint density at radius 2 is 1.95 bits per heavy atom. The molecular formula is C11H19F3N4O2S. The minimum absolute atomic E-state index is 0.189. The minimum Gasteiger partial charge on any atom is -0.316 e. The van der Waals surface area contributed by atoms with Gasteiger partial charge in [0.2, 0.25) is 0 Å². The van der Waals surface area contributed by atoms with Gasteiger partial charge in [0.1, 0.15) is 6.54 Å². The number of hydrogen-bond donors (Lipinski definition) is 2. The number of halogens is 3. The largest absolute Gasteiger partial charge is 0.402 e. The molecule has 0 bridgehead atoms. The van der Waals surface area contributed by atoms with Crippen LogP contribution in [-0.2, 0) is 16.6 Å². The number of alkyl halides is 3. The normalized spacial score (nSPS) is 13.4. The molecule has 0 aliphatic heterocycles. The molecule has 0 fully saturated rings. The average molecular weight is 328 g/mol. The lowest BCUT2D eigenvalue weighted by Crippen LogP contribution is -2.43. The van der Waals surface area contributed by atoms with Crippen LogP contribution in [0.1, 0.15) is 25.1 Å². The predicted octanol–water partition coefficient (Wildman–Crippen LogP) is 1.40. The van der Waals surface area contributed by atoms with E-state index in [1.165, 1.54) is 13.8 Å². The van der Waals surface area contributed by atoms with Crippen molar-refractivity contribution in [1.29, 1.82) is 0 Å². The standard InChI is InChI=1S/C11H19F3N4O2S/c1-7(2)18(6-11(12,13)14)21(19,20)10-9(5-15-4)8(3)16-17-10/h7,15H,5-6H2,1-4H3,(H,16,17). The third kappa shape index (κ3) is 4.17. The number of H-pyrrole nitrogens is 1. The zero-order chi connectivity index (χ0) is 16.4. The van der Waals surface area contributed by atoms with E-state index in [1.807, 2.05) is 0 Å². The fourth-order valence-corrected chi connectivity index (χ4v) is 3.65. The van der Waals surface area contributed by atoms with Crippen LogP contribution >= 0.6 is 0 Å². The number of aromatic nitrogens is 2. The molecule has 1 rings (SSSR count). The second-order valence-electron chi connectivity index (χ2n) is 4.92. The number of hydrogen-bond acceptors (Lipinski definition) is 4. The lowest BCUT2D eigenvalue weighted by Gasteiger charge is -2.26. The van der Waals surface area contributed by atoms with Crippen molar-refractivity contribution in [2.24, 2.45) is 0 Å². The van der Waals surface area contributed by atoms with E-state index in [0.29, 0.717) is 15.6 Å². The van der Waals surface area contributed by atoms with Gasteiger partial charge in [-0.15, -0.1) is 0 Å². The number of rotatable bonds is 6. The Hall–Kier alpha value is -1.13. The maximum Gasteiger partial charge on any atom is 0.402 e. The number of aryl methyl sites for hydroxylation is 1. The molecule has 6 nitrogen and oxygen atoms in total. The van der Waals surface area contributed by atoms with Crippen molar-refractivity contribution >= 4 is 10.0 Å². The number of aromatic amines is 1. The quantitative estimate of drug-likeness (QED) is 0.827. The number of sulfonamides is 1. The van der Waals surface area contributed by atoms with Crippen LogP contribution in [0.4, 0.5) is 13.2 Å². The van der Waals surface area contributed by atoms with E-state index in [-0.39, 0.29) is 11.6 Å². The maximum atomic E-state index is 12.6. The predicted molar refractivity (Wildman–Crippen MR) is 71.2 cm³/mol. The Morgan fingerprint density at radius 1 is 1.38 bits per heavy atom. The highest BCUT2D eigenvalue weighted by molar-refractivity contribution is 7.89. The summed E-state index contributed by atoms with van der Waals surface area (Å²) >= 11 is 0. The Bertz CT molecular complexity index is 581. The summed E-state index contributed by atoms with van der Waals surface area (Å²) in [6.45, 7) is 3.04. The highest BCUT2D eigenvalue weighted by atomic mass is 32.2. The first-order chi connectivity index (χ1) is 9.50. The Morgan fingerprint density at radius 3 is 2.38 bits per heavy atom. The van der Waals surface area contributed by atoms with E-state index < -0.39 is 28.8 Å². The van der Waals surface area contributed by atoms with Crippen molar-refractivity contribution in [2.45, 2.75) is 44.6 Å². The van der Waals surface area contributed by atoms with Crippen LogP contribution in [0.3, 0.4) is 0 Å². The molecule has 0 atom stereocenters. The zero-order valence-electron chi connectivity index (χ0n) is 12.2. The molecule has 0 aliphatic carbocycles. The van der Waals surface area contributed by atoms with Gasteiger partial charge in [-0.3, -0.25) is 5.10 Å². The molecule has 1 aromatic heterocycles. The van der Waals surface area contributed by atoms with Gasteiger partial charge in [0.05, 0.1) is 0 Å². The molecule has 10 heteroatoms. The Labute approximate surface area is 121 Å². The van der Waals surface area contributed by atoms with Crippen molar-refractivity contribution < 1.29 is 21.6 Å². The van der Waals surface area contributed by atoms with Crippen LogP contribution in [0.15, 0.2) is 5.03 Å². The van der Waals surface area contributed by atoms with Gasteiger partial charge in [-0.25, -0.2) is 8.42 Å². The van der Waals surface area contributed by atoms with Crippen LogP contribution in [0.2, 0.25) is 0 Å². The zero-order valence-corrected chi connectivity index (χ0v) is 13.1. The van der Waals surface area contributed by atoms with Crippen LogP contribution in [-0.4, -0.2) is 48.7 Å². The molecular weight excluding hydrogens is 309 g/mol. The summed E-state index contributed by atoms with van der Waals surface area (Å²) in [4.78, 5) is 0. The van der Waals surface area contributed by atoms with Crippen molar-refractivity contribution in [3.8, 4) is 0 Å². The molecule has 0 saturated heterocycles. The Balaban J connectivity index is 3.30. The molecule has 122 valence electrons. The summed E-state index contributed by atoms with van der Waals surface area (Å²) in [5, 5.41) is 8.59. The fraction of sp³-hybridized carbons (Fsp3) is 0.727. The third-order valence-corrected chi connectivity index (χ3v) is 4.85. The first-order valence-corrected chi connectivity index (χ1v) is 7.71. The van der Waals surface area contributed by atoms with E-state index in [0.717, 1.165) is 0 Å². The summed E-state index contributed by atoms with van der Waals surface area (Å²) in [5.41, 5.74) is 0.837. The van der Waals surface area contributed by atoms with Gasteiger partial charge in [0, 0.05) is 23.8 Å². The summed E-state index contributed by atoms with van der Waals surface area (Å²) in [5.74, 6) is 0. The first-order valence-electron chi connectivity index (χ1n) is 6.27. The van der Waals surface area contributed by atoms with Gasteiger partial charge < -0.3 is 5.32 Å². The van der Waals surface area contributed by atoms with Gasteiger partial charge in [-0.1, -0.05) is 0 Å². The molecule has 21 heavy (non-hydrogen) atoms.